The number of hydrogen-bond donors (Lipinski definition) is 0. The molecule has 0 aromatic carbocycles. The Bertz CT molecular complexity index is 158. The van der Waals surface area contributed by atoms with Gasteiger partial charge in [0.1, 0.15) is 0 Å². The Balaban J connectivity index is 2.74. The maximum atomic E-state index is 5.08. The van der Waals surface area contributed by atoms with Crippen LogP contribution in [0.2, 0.25) is 0 Å². The van der Waals surface area contributed by atoms with E-state index in [1.54, 1.807) is 6.26 Å². The molecular formula is C8H12O. The lowest BCUT2D eigenvalue weighted by Gasteiger charge is -2.19. The highest BCUT2D eigenvalue weighted by molar-refractivity contribution is 5.17. The van der Waals surface area contributed by atoms with Gasteiger partial charge in [0.15, 0.2) is 0 Å². The van der Waals surface area contributed by atoms with Gasteiger partial charge >= 0.3 is 0 Å². The summed E-state index contributed by atoms with van der Waals surface area (Å²) in [6.45, 7) is 8.78. The van der Waals surface area contributed by atoms with Gasteiger partial charge < -0.3 is 4.74 Å². The Morgan fingerprint density at radius 2 is 2.44 bits per heavy atom. The molecule has 0 saturated carbocycles. The third-order valence-electron chi connectivity index (χ3n) is 1.89. The van der Waals surface area contributed by atoms with Gasteiger partial charge in [-0.2, -0.15) is 0 Å². The SMILES string of the molecule is C=C(C)C1(C)C=COC1. The quantitative estimate of drug-likeness (QED) is 0.486. The summed E-state index contributed by atoms with van der Waals surface area (Å²) in [5, 5.41) is 0. The van der Waals surface area contributed by atoms with E-state index in [0.717, 1.165) is 12.2 Å². The van der Waals surface area contributed by atoms with E-state index in [-0.39, 0.29) is 5.41 Å². The fourth-order valence-corrected chi connectivity index (χ4v) is 0.733. The summed E-state index contributed by atoms with van der Waals surface area (Å²) < 4.78 is 5.08. The van der Waals surface area contributed by atoms with E-state index in [2.05, 4.69) is 19.6 Å². The molecule has 0 fully saturated rings. The van der Waals surface area contributed by atoms with Crippen LogP contribution in [-0.2, 0) is 4.74 Å². The molecule has 1 nitrogen and oxygen atoms in total. The molecule has 1 unspecified atom stereocenters. The molecule has 0 saturated heterocycles. The zero-order chi connectivity index (χ0) is 6.91. The van der Waals surface area contributed by atoms with Crippen LogP contribution in [0.15, 0.2) is 24.5 Å². The number of hydrogen-bond acceptors (Lipinski definition) is 1. The van der Waals surface area contributed by atoms with Gasteiger partial charge in [-0.25, -0.2) is 0 Å². The number of rotatable bonds is 1. The molecule has 1 atom stereocenters. The highest BCUT2D eigenvalue weighted by atomic mass is 16.5. The lowest BCUT2D eigenvalue weighted by atomic mass is 9.86. The van der Waals surface area contributed by atoms with Crippen LogP contribution in [0.5, 0.6) is 0 Å². The average Bonchev–Trinajstić information content (AvgIpc) is 2.16. The van der Waals surface area contributed by atoms with Gasteiger partial charge in [-0.1, -0.05) is 12.2 Å². The van der Waals surface area contributed by atoms with Crippen LogP contribution in [-0.4, -0.2) is 6.61 Å². The molecule has 50 valence electrons. The van der Waals surface area contributed by atoms with E-state index in [9.17, 15) is 0 Å². The average molecular weight is 124 g/mol. The zero-order valence-electron chi connectivity index (χ0n) is 5.98. The van der Waals surface area contributed by atoms with E-state index < -0.39 is 0 Å². The molecule has 0 spiro atoms. The minimum atomic E-state index is 0.0972. The normalized spacial score (nSPS) is 32.2. The maximum absolute atomic E-state index is 5.08. The Morgan fingerprint density at radius 1 is 1.78 bits per heavy atom. The fraction of sp³-hybridized carbons (Fsp3) is 0.500. The monoisotopic (exact) mass is 124 g/mol. The second-order valence-electron chi connectivity index (χ2n) is 2.81. The van der Waals surface area contributed by atoms with E-state index >= 15 is 0 Å². The fourth-order valence-electron chi connectivity index (χ4n) is 0.733. The Morgan fingerprint density at radius 3 is 2.67 bits per heavy atom. The molecule has 0 bridgehead atoms. The van der Waals surface area contributed by atoms with Crippen molar-refractivity contribution < 1.29 is 4.74 Å². The first kappa shape index (κ1) is 6.40. The van der Waals surface area contributed by atoms with E-state index in [1.165, 1.54) is 0 Å². The zero-order valence-corrected chi connectivity index (χ0v) is 5.98. The van der Waals surface area contributed by atoms with Crippen LogP contribution in [0, 0.1) is 5.41 Å². The molecular weight excluding hydrogens is 112 g/mol. The van der Waals surface area contributed by atoms with Crippen LogP contribution in [0.3, 0.4) is 0 Å². The number of ether oxygens (including phenoxy) is 1. The smallest absolute Gasteiger partial charge is 0.0999 e. The van der Waals surface area contributed by atoms with Gasteiger partial charge in [-0.3, -0.25) is 0 Å². The van der Waals surface area contributed by atoms with Crippen LogP contribution < -0.4 is 0 Å². The van der Waals surface area contributed by atoms with E-state index in [0.29, 0.717) is 0 Å². The Labute approximate surface area is 56.0 Å². The van der Waals surface area contributed by atoms with Crippen molar-refractivity contribution in [2.24, 2.45) is 5.41 Å². The summed E-state index contributed by atoms with van der Waals surface area (Å²) in [4.78, 5) is 0. The summed E-state index contributed by atoms with van der Waals surface area (Å²) in [5.41, 5.74) is 1.26. The first-order valence-electron chi connectivity index (χ1n) is 3.10. The predicted octanol–water partition coefficient (Wildman–Crippen LogP) is 2.11. The van der Waals surface area contributed by atoms with Gasteiger partial charge in [0, 0.05) is 5.41 Å². The van der Waals surface area contributed by atoms with Crippen molar-refractivity contribution in [1.82, 2.24) is 0 Å². The van der Waals surface area contributed by atoms with Gasteiger partial charge in [0.05, 0.1) is 12.9 Å². The molecule has 9 heavy (non-hydrogen) atoms. The predicted molar refractivity (Wildman–Crippen MR) is 38.0 cm³/mol. The lowest BCUT2D eigenvalue weighted by molar-refractivity contribution is 0.219. The summed E-state index contributed by atoms with van der Waals surface area (Å²) in [6.07, 6.45) is 3.80. The first-order chi connectivity index (χ1) is 4.15. The topological polar surface area (TPSA) is 9.23 Å². The highest BCUT2D eigenvalue weighted by Gasteiger charge is 2.25. The summed E-state index contributed by atoms with van der Waals surface area (Å²) in [5.74, 6) is 0. The van der Waals surface area contributed by atoms with Gasteiger partial charge in [-0.15, -0.1) is 0 Å². The van der Waals surface area contributed by atoms with Crippen LogP contribution >= 0.6 is 0 Å². The first-order valence-corrected chi connectivity index (χ1v) is 3.10. The molecule has 0 radical (unpaired) electrons. The second-order valence-corrected chi connectivity index (χ2v) is 2.81. The van der Waals surface area contributed by atoms with Crippen molar-refractivity contribution in [2.75, 3.05) is 6.61 Å². The molecule has 0 N–H and O–H groups in total. The third kappa shape index (κ3) is 0.995. The summed E-state index contributed by atoms with van der Waals surface area (Å²) >= 11 is 0. The Hall–Kier alpha value is -0.720. The van der Waals surface area contributed by atoms with Crippen LogP contribution in [0.1, 0.15) is 13.8 Å². The minimum Gasteiger partial charge on any atom is -0.500 e. The molecule has 0 aromatic rings. The molecule has 0 aliphatic carbocycles. The van der Waals surface area contributed by atoms with Crippen molar-refractivity contribution in [3.05, 3.63) is 24.5 Å². The van der Waals surface area contributed by atoms with Crippen molar-refractivity contribution in [3.63, 3.8) is 0 Å². The van der Waals surface area contributed by atoms with Gasteiger partial charge in [0.2, 0.25) is 0 Å². The summed E-state index contributed by atoms with van der Waals surface area (Å²) in [7, 11) is 0. The van der Waals surface area contributed by atoms with Crippen molar-refractivity contribution in [3.8, 4) is 0 Å². The van der Waals surface area contributed by atoms with Crippen molar-refractivity contribution in [1.29, 1.82) is 0 Å². The van der Waals surface area contributed by atoms with Gasteiger partial charge in [0.25, 0.3) is 0 Å². The van der Waals surface area contributed by atoms with Crippen molar-refractivity contribution >= 4 is 0 Å². The highest BCUT2D eigenvalue weighted by Crippen LogP contribution is 2.31. The maximum Gasteiger partial charge on any atom is 0.0999 e. The Kier molecular flexibility index (Phi) is 1.35. The van der Waals surface area contributed by atoms with Gasteiger partial charge in [-0.05, 0) is 19.9 Å². The second kappa shape index (κ2) is 1.90. The molecule has 1 aliphatic heterocycles. The molecule has 1 aliphatic rings. The molecule has 1 rings (SSSR count). The molecule has 1 heterocycles. The standard InChI is InChI=1S/C8H12O/c1-7(2)8(3)4-5-9-6-8/h4-5H,1,6H2,2-3H3. The largest absolute Gasteiger partial charge is 0.500 e. The third-order valence-corrected chi connectivity index (χ3v) is 1.89. The lowest BCUT2D eigenvalue weighted by Crippen LogP contribution is -2.15. The molecule has 0 aromatic heterocycles. The van der Waals surface area contributed by atoms with Crippen molar-refractivity contribution in [2.45, 2.75) is 13.8 Å². The van der Waals surface area contributed by atoms with E-state index in [1.807, 2.05) is 6.92 Å². The van der Waals surface area contributed by atoms with Crippen LogP contribution in [0.25, 0.3) is 0 Å². The minimum absolute atomic E-state index is 0.0972. The molecule has 0 amide bonds. The van der Waals surface area contributed by atoms with Crippen LogP contribution in [0.4, 0.5) is 0 Å². The molecule has 1 heteroatoms. The summed E-state index contributed by atoms with van der Waals surface area (Å²) in [6, 6.07) is 0. The van der Waals surface area contributed by atoms with E-state index in [4.69, 9.17) is 4.74 Å².